The van der Waals surface area contributed by atoms with Crippen molar-refractivity contribution >= 4 is 11.6 Å². The molecule has 1 aromatic heterocycles. The SMILES string of the molecule is O=C(CCN(CCc1ccccn1)Cc1ccc(F)cc1)Nc1cccc(F)c1. The zero-order valence-corrected chi connectivity index (χ0v) is 16.0. The highest BCUT2D eigenvalue weighted by Gasteiger charge is 2.11. The highest BCUT2D eigenvalue weighted by Crippen LogP contribution is 2.11. The van der Waals surface area contributed by atoms with E-state index in [0.717, 1.165) is 17.7 Å². The molecule has 0 saturated carbocycles. The number of hydrogen-bond donors (Lipinski definition) is 1. The normalized spacial score (nSPS) is 10.9. The summed E-state index contributed by atoms with van der Waals surface area (Å²) in [4.78, 5) is 18.7. The summed E-state index contributed by atoms with van der Waals surface area (Å²) >= 11 is 0. The van der Waals surface area contributed by atoms with Crippen LogP contribution in [0.15, 0.2) is 72.9 Å². The largest absolute Gasteiger partial charge is 0.326 e. The molecule has 0 aliphatic carbocycles. The predicted octanol–water partition coefficient (Wildman–Crippen LogP) is 4.43. The predicted molar refractivity (Wildman–Crippen MR) is 109 cm³/mol. The third-order valence-electron chi connectivity index (χ3n) is 4.49. The maximum Gasteiger partial charge on any atom is 0.225 e. The van der Waals surface area contributed by atoms with Gasteiger partial charge in [-0.05, 0) is 48.0 Å². The third-order valence-corrected chi connectivity index (χ3v) is 4.49. The van der Waals surface area contributed by atoms with Crippen LogP contribution in [-0.2, 0) is 17.8 Å². The van der Waals surface area contributed by atoms with Crippen LogP contribution in [0.3, 0.4) is 0 Å². The number of halogens is 2. The Labute approximate surface area is 169 Å². The van der Waals surface area contributed by atoms with Crippen LogP contribution in [0.25, 0.3) is 0 Å². The van der Waals surface area contributed by atoms with Gasteiger partial charge in [0.05, 0.1) is 0 Å². The van der Waals surface area contributed by atoms with Gasteiger partial charge in [-0.25, -0.2) is 8.78 Å². The minimum atomic E-state index is -0.393. The van der Waals surface area contributed by atoms with Crippen LogP contribution in [-0.4, -0.2) is 28.9 Å². The molecule has 150 valence electrons. The van der Waals surface area contributed by atoms with Gasteiger partial charge in [0.1, 0.15) is 11.6 Å². The maximum absolute atomic E-state index is 13.3. The summed E-state index contributed by atoms with van der Waals surface area (Å²) in [5.41, 5.74) is 2.38. The molecule has 0 spiro atoms. The Bertz CT molecular complexity index is 917. The molecule has 6 heteroatoms. The molecule has 1 N–H and O–H groups in total. The van der Waals surface area contributed by atoms with E-state index in [4.69, 9.17) is 0 Å². The van der Waals surface area contributed by atoms with Crippen LogP contribution in [0, 0.1) is 11.6 Å². The summed E-state index contributed by atoms with van der Waals surface area (Å²) in [6.45, 7) is 1.83. The molecule has 0 saturated heterocycles. The smallest absolute Gasteiger partial charge is 0.225 e. The van der Waals surface area contributed by atoms with Gasteiger partial charge in [-0.2, -0.15) is 0 Å². The van der Waals surface area contributed by atoms with Crippen LogP contribution >= 0.6 is 0 Å². The van der Waals surface area contributed by atoms with Crippen molar-refractivity contribution in [2.75, 3.05) is 18.4 Å². The lowest BCUT2D eigenvalue weighted by atomic mass is 10.2. The zero-order valence-electron chi connectivity index (χ0n) is 16.0. The summed E-state index contributed by atoms with van der Waals surface area (Å²) in [5, 5.41) is 2.72. The fraction of sp³-hybridized carbons (Fsp3) is 0.217. The number of pyridine rings is 1. The second kappa shape index (κ2) is 10.4. The third kappa shape index (κ3) is 7.08. The minimum Gasteiger partial charge on any atom is -0.326 e. The van der Waals surface area contributed by atoms with E-state index in [2.05, 4.69) is 15.2 Å². The molecular formula is C23H23F2N3O. The quantitative estimate of drug-likeness (QED) is 0.583. The number of carbonyl (C=O) groups excluding carboxylic acids is 1. The summed E-state index contributed by atoms with van der Waals surface area (Å²) in [6, 6.07) is 18.0. The number of aromatic nitrogens is 1. The van der Waals surface area contributed by atoms with Gasteiger partial charge in [0, 0.05) is 50.1 Å². The number of anilines is 1. The molecule has 0 aliphatic heterocycles. The Kier molecular flexibility index (Phi) is 7.41. The summed E-state index contributed by atoms with van der Waals surface area (Å²) in [7, 11) is 0. The number of nitrogens with zero attached hydrogens (tertiary/aromatic N) is 2. The fourth-order valence-electron chi connectivity index (χ4n) is 2.99. The van der Waals surface area contributed by atoms with Gasteiger partial charge in [-0.1, -0.05) is 24.3 Å². The molecule has 0 radical (unpaired) electrons. The Hall–Kier alpha value is -3.12. The van der Waals surface area contributed by atoms with Crippen molar-refractivity contribution in [1.29, 1.82) is 0 Å². The molecule has 1 heterocycles. The molecule has 0 unspecified atom stereocenters. The lowest BCUT2D eigenvalue weighted by Gasteiger charge is -2.22. The van der Waals surface area contributed by atoms with Gasteiger partial charge in [0.25, 0.3) is 0 Å². The first-order valence-electron chi connectivity index (χ1n) is 9.50. The van der Waals surface area contributed by atoms with Gasteiger partial charge in [0.15, 0.2) is 0 Å². The maximum atomic E-state index is 13.3. The lowest BCUT2D eigenvalue weighted by Crippen LogP contribution is -2.29. The molecule has 1 amide bonds. The number of nitrogens with one attached hydrogen (secondary N) is 1. The van der Waals surface area contributed by atoms with Crippen LogP contribution in [0.5, 0.6) is 0 Å². The van der Waals surface area contributed by atoms with Crippen molar-refractivity contribution in [3.63, 3.8) is 0 Å². The van der Waals surface area contributed by atoms with Crippen LogP contribution < -0.4 is 5.32 Å². The average molecular weight is 395 g/mol. The van der Waals surface area contributed by atoms with Crippen LogP contribution in [0.1, 0.15) is 17.7 Å². The topological polar surface area (TPSA) is 45.2 Å². The van der Waals surface area contributed by atoms with Crippen LogP contribution in [0.2, 0.25) is 0 Å². The Morgan fingerprint density at radius 1 is 0.931 bits per heavy atom. The minimum absolute atomic E-state index is 0.183. The second-order valence-electron chi connectivity index (χ2n) is 6.78. The second-order valence-corrected chi connectivity index (χ2v) is 6.78. The van der Waals surface area contributed by atoms with Gasteiger partial charge in [-0.3, -0.25) is 14.7 Å². The lowest BCUT2D eigenvalue weighted by molar-refractivity contribution is -0.116. The van der Waals surface area contributed by atoms with Crippen molar-refractivity contribution in [2.24, 2.45) is 0 Å². The molecule has 2 aromatic carbocycles. The Balaban J connectivity index is 1.58. The average Bonchev–Trinajstić information content (AvgIpc) is 2.72. The molecule has 0 fully saturated rings. The number of benzene rings is 2. The summed E-state index contributed by atoms with van der Waals surface area (Å²) in [5.74, 6) is -0.850. The van der Waals surface area contributed by atoms with Gasteiger partial charge in [-0.15, -0.1) is 0 Å². The number of hydrogen-bond acceptors (Lipinski definition) is 3. The van der Waals surface area contributed by atoms with E-state index in [0.29, 0.717) is 25.3 Å². The first-order chi connectivity index (χ1) is 14.1. The van der Waals surface area contributed by atoms with E-state index in [9.17, 15) is 13.6 Å². The van der Waals surface area contributed by atoms with E-state index in [-0.39, 0.29) is 18.1 Å². The van der Waals surface area contributed by atoms with Crippen molar-refractivity contribution in [3.8, 4) is 0 Å². The zero-order chi connectivity index (χ0) is 20.5. The fourth-order valence-corrected chi connectivity index (χ4v) is 2.99. The van der Waals surface area contributed by atoms with Crippen molar-refractivity contribution in [1.82, 2.24) is 9.88 Å². The van der Waals surface area contributed by atoms with Gasteiger partial charge in [0.2, 0.25) is 5.91 Å². The van der Waals surface area contributed by atoms with Crippen molar-refractivity contribution in [3.05, 3.63) is 95.8 Å². The monoisotopic (exact) mass is 395 g/mol. The number of carbonyl (C=O) groups is 1. The van der Waals surface area contributed by atoms with Gasteiger partial charge < -0.3 is 5.32 Å². The molecular weight excluding hydrogens is 372 g/mol. The van der Waals surface area contributed by atoms with E-state index in [1.807, 2.05) is 18.2 Å². The van der Waals surface area contributed by atoms with Crippen LogP contribution in [0.4, 0.5) is 14.5 Å². The molecule has 4 nitrogen and oxygen atoms in total. The van der Waals surface area contributed by atoms with E-state index in [1.54, 1.807) is 30.5 Å². The molecule has 0 aliphatic rings. The standard InChI is InChI=1S/C23H23F2N3O/c24-19-9-7-18(8-10-19)17-28(14-11-21-5-1-2-13-26-21)15-12-23(29)27-22-6-3-4-20(25)16-22/h1-10,13,16H,11-12,14-15,17H2,(H,27,29). The summed E-state index contributed by atoms with van der Waals surface area (Å²) in [6.07, 6.45) is 2.76. The first kappa shape index (κ1) is 20.6. The highest BCUT2D eigenvalue weighted by atomic mass is 19.1. The van der Waals surface area contributed by atoms with Gasteiger partial charge >= 0.3 is 0 Å². The first-order valence-corrected chi connectivity index (χ1v) is 9.50. The van der Waals surface area contributed by atoms with E-state index < -0.39 is 5.82 Å². The number of amides is 1. The molecule has 3 rings (SSSR count). The van der Waals surface area contributed by atoms with E-state index >= 15 is 0 Å². The Morgan fingerprint density at radius 2 is 1.76 bits per heavy atom. The summed E-state index contributed by atoms with van der Waals surface area (Å²) < 4.78 is 26.5. The van der Waals surface area contributed by atoms with Crippen molar-refractivity contribution < 1.29 is 13.6 Å². The molecule has 3 aromatic rings. The molecule has 29 heavy (non-hydrogen) atoms. The van der Waals surface area contributed by atoms with Crippen molar-refractivity contribution in [2.45, 2.75) is 19.4 Å². The number of rotatable bonds is 9. The molecule has 0 bridgehead atoms. The Morgan fingerprint density at radius 3 is 2.48 bits per heavy atom. The van der Waals surface area contributed by atoms with E-state index in [1.165, 1.54) is 24.3 Å². The molecule has 0 atom stereocenters. The highest BCUT2D eigenvalue weighted by molar-refractivity contribution is 5.90.